The van der Waals surface area contributed by atoms with Gasteiger partial charge < -0.3 is 5.32 Å². The first-order valence-electron chi connectivity index (χ1n) is 8.85. The fraction of sp³-hybridized carbons (Fsp3) is 0.350. The largest absolute Gasteiger partial charge is 0.353 e. The molecule has 0 unspecified atom stereocenters. The molecule has 0 saturated carbocycles. The molecule has 0 bridgehead atoms. The molecule has 2 aromatic carbocycles. The Bertz CT molecular complexity index is 902. The van der Waals surface area contributed by atoms with Crippen LogP contribution in [0.25, 0.3) is 0 Å². The highest BCUT2D eigenvalue weighted by Gasteiger charge is 2.28. The van der Waals surface area contributed by atoms with E-state index >= 15 is 0 Å². The third-order valence-electron chi connectivity index (χ3n) is 4.14. The standard InChI is InChI=1S/C20H25ClN2O3S2/c1-15-8-10-18(11-9-15)23(28(3,25)26)16(2)20(24)22-12-13-27-14-17-6-4-5-7-19(17)21/h4-11,16H,12-14H2,1-3H3,(H,22,24)/t16-/m0/s1. The summed E-state index contributed by atoms with van der Waals surface area (Å²) in [4.78, 5) is 12.5. The van der Waals surface area contributed by atoms with Crippen molar-refractivity contribution in [1.82, 2.24) is 5.32 Å². The van der Waals surface area contributed by atoms with E-state index < -0.39 is 16.1 Å². The number of nitrogens with one attached hydrogen (secondary N) is 1. The van der Waals surface area contributed by atoms with Crippen molar-refractivity contribution in [1.29, 1.82) is 0 Å². The molecule has 28 heavy (non-hydrogen) atoms. The van der Waals surface area contributed by atoms with Gasteiger partial charge in [-0.25, -0.2) is 8.42 Å². The molecule has 0 aliphatic heterocycles. The molecule has 0 fully saturated rings. The molecule has 1 N–H and O–H groups in total. The van der Waals surface area contributed by atoms with Gasteiger partial charge >= 0.3 is 0 Å². The van der Waals surface area contributed by atoms with E-state index in [9.17, 15) is 13.2 Å². The van der Waals surface area contributed by atoms with Gasteiger partial charge in [-0.1, -0.05) is 47.5 Å². The number of sulfonamides is 1. The fourth-order valence-corrected chi connectivity index (χ4v) is 5.01. The van der Waals surface area contributed by atoms with Crippen molar-refractivity contribution in [2.45, 2.75) is 25.6 Å². The zero-order chi connectivity index (χ0) is 20.7. The molecule has 0 heterocycles. The molecular formula is C20H25ClN2O3S2. The summed E-state index contributed by atoms with van der Waals surface area (Å²) in [5.74, 6) is 1.13. The van der Waals surface area contributed by atoms with E-state index in [4.69, 9.17) is 11.6 Å². The summed E-state index contributed by atoms with van der Waals surface area (Å²) in [5, 5.41) is 3.55. The van der Waals surface area contributed by atoms with Gasteiger partial charge in [0.25, 0.3) is 0 Å². The fourth-order valence-electron chi connectivity index (χ4n) is 2.69. The number of nitrogens with zero attached hydrogens (tertiary/aromatic N) is 1. The lowest BCUT2D eigenvalue weighted by Crippen LogP contribution is -2.48. The zero-order valence-electron chi connectivity index (χ0n) is 16.2. The number of amides is 1. The summed E-state index contributed by atoms with van der Waals surface area (Å²) >= 11 is 7.78. The lowest BCUT2D eigenvalue weighted by atomic mass is 10.2. The van der Waals surface area contributed by atoms with E-state index in [0.29, 0.717) is 18.0 Å². The number of rotatable bonds is 9. The Morgan fingerprint density at radius 2 is 1.82 bits per heavy atom. The Balaban J connectivity index is 1.90. The van der Waals surface area contributed by atoms with E-state index in [2.05, 4.69) is 5.32 Å². The number of thioether (sulfide) groups is 1. The maximum atomic E-state index is 12.5. The summed E-state index contributed by atoms with van der Waals surface area (Å²) in [6.45, 7) is 3.96. The molecular weight excluding hydrogens is 416 g/mol. The maximum Gasteiger partial charge on any atom is 0.243 e. The second kappa shape index (κ2) is 10.2. The molecule has 8 heteroatoms. The van der Waals surface area contributed by atoms with Crippen LogP contribution in [0.3, 0.4) is 0 Å². The smallest absolute Gasteiger partial charge is 0.243 e. The minimum Gasteiger partial charge on any atom is -0.353 e. The molecule has 2 rings (SSSR count). The van der Waals surface area contributed by atoms with Crippen molar-refractivity contribution < 1.29 is 13.2 Å². The van der Waals surface area contributed by atoms with Crippen LogP contribution < -0.4 is 9.62 Å². The number of anilines is 1. The summed E-state index contributed by atoms with van der Waals surface area (Å²) in [6, 6.07) is 13.9. The Labute approximate surface area is 176 Å². The highest BCUT2D eigenvalue weighted by Crippen LogP contribution is 2.22. The van der Waals surface area contributed by atoms with Gasteiger partial charge in [-0.3, -0.25) is 9.10 Å². The number of halogens is 1. The molecule has 0 spiro atoms. The van der Waals surface area contributed by atoms with Crippen LogP contribution in [0.15, 0.2) is 48.5 Å². The number of carbonyl (C=O) groups is 1. The topological polar surface area (TPSA) is 66.5 Å². The van der Waals surface area contributed by atoms with Gasteiger partial charge in [0.05, 0.1) is 11.9 Å². The number of hydrogen-bond acceptors (Lipinski definition) is 4. The monoisotopic (exact) mass is 440 g/mol. The predicted octanol–water partition coefficient (Wildman–Crippen LogP) is 3.85. The predicted molar refractivity (Wildman–Crippen MR) is 119 cm³/mol. The first-order chi connectivity index (χ1) is 13.2. The lowest BCUT2D eigenvalue weighted by Gasteiger charge is -2.28. The zero-order valence-corrected chi connectivity index (χ0v) is 18.6. The lowest BCUT2D eigenvalue weighted by molar-refractivity contribution is -0.121. The second-order valence-corrected chi connectivity index (χ2v) is 9.88. The summed E-state index contributed by atoms with van der Waals surface area (Å²) in [5.41, 5.74) is 2.55. The number of aryl methyl sites for hydroxylation is 1. The SMILES string of the molecule is Cc1ccc(N([C@@H](C)C(=O)NCCSCc2ccccc2Cl)S(C)(=O)=O)cc1. The van der Waals surface area contributed by atoms with Gasteiger partial charge in [-0.2, -0.15) is 11.8 Å². The third kappa shape index (κ3) is 6.43. The molecule has 1 atom stereocenters. The molecule has 2 aromatic rings. The van der Waals surface area contributed by atoms with Crippen LogP contribution in [0.1, 0.15) is 18.1 Å². The van der Waals surface area contributed by atoms with Crippen LogP contribution in [0.4, 0.5) is 5.69 Å². The van der Waals surface area contributed by atoms with Crippen LogP contribution in [-0.2, 0) is 20.6 Å². The van der Waals surface area contributed by atoms with Crippen molar-refractivity contribution in [3.63, 3.8) is 0 Å². The van der Waals surface area contributed by atoms with Crippen LogP contribution in [-0.4, -0.2) is 38.9 Å². The Hall–Kier alpha value is -1.70. The minimum atomic E-state index is -3.60. The highest BCUT2D eigenvalue weighted by atomic mass is 35.5. The van der Waals surface area contributed by atoms with Crippen LogP contribution >= 0.6 is 23.4 Å². The van der Waals surface area contributed by atoms with Gasteiger partial charge in [0, 0.05) is 23.1 Å². The van der Waals surface area contributed by atoms with Gasteiger partial charge in [0.1, 0.15) is 6.04 Å². The average molecular weight is 441 g/mol. The van der Waals surface area contributed by atoms with E-state index in [1.165, 1.54) is 0 Å². The Morgan fingerprint density at radius 3 is 2.43 bits per heavy atom. The van der Waals surface area contributed by atoms with Gasteiger partial charge in [0.2, 0.25) is 15.9 Å². The maximum absolute atomic E-state index is 12.5. The Kier molecular flexibility index (Phi) is 8.22. The van der Waals surface area contributed by atoms with Gasteiger partial charge in [0.15, 0.2) is 0 Å². The summed E-state index contributed by atoms with van der Waals surface area (Å²) in [7, 11) is -3.60. The highest BCUT2D eigenvalue weighted by molar-refractivity contribution is 7.98. The molecule has 5 nitrogen and oxygen atoms in total. The number of hydrogen-bond donors (Lipinski definition) is 1. The van der Waals surface area contributed by atoms with Crippen molar-refractivity contribution in [3.8, 4) is 0 Å². The molecule has 0 aliphatic carbocycles. The molecule has 0 radical (unpaired) electrons. The quantitative estimate of drug-likeness (QED) is 0.601. The molecule has 0 aromatic heterocycles. The van der Waals surface area contributed by atoms with Crippen molar-refractivity contribution in [3.05, 3.63) is 64.7 Å². The van der Waals surface area contributed by atoms with Crippen LogP contribution in [0.2, 0.25) is 5.02 Å². The van der Waals surface area contributed by atoms with E-state index in [0.717, 1.165) is 32.5 Å². The third-order valence-corrected chi connectivity index (χ3v) is 6.76. The summed E-state index contributed by atoms with van der Waals surface area (Å²) in [6.07, 6.45) is 1.11. The molecule has 0 saturated heterocycles. The van der Waals surface area contributed by atoms with E-state index in [1.54, 1.807) is 30.8 Å². The number of carbonyl (C=O) groups excluding carboxylic acids is 1. The second-order valence-electron chi connectivity index (χ2n) is 6.51. The van der Waals surface area contributed by atoms with E-state index in [1.807, 2.05) is 43.3 Å². The van der Waals surface area contributed by atoms with Gasteiger partial charge in [-0.15, -0.1) is 0 Å². The molecule has 0 aliphatic rings. The first kappa shape index (κ1) is 22.6. The van der Waals surface area contributed by atoms with Crippen molar-refractivity contribution in [2.75, 3.05) is 22.9 Å². The Morgan fingerprint density at radius 1 is 1.18 bits per heavy atom. The molecule has 152 valence electrons. The minimum absolute atomic E-state index is 0.329. The van der Waals surface area contributed by atoms with Gasteiger partial charge in [-0.05, 0) is 37.6 Å². The van der Waals surface area contributed by atoms with Crippen molar-refractivity contribution in [2.24, 2.45) is 0 Å². The van der Waals surface area contributed by atoms with Crippen LogP contribution in [0.5, 0.6) is 0 Å². The summed E-state index contributed by atoms with van der Waals surface area (Å²) < 4.78 is 25.7. The normalized spacial score (nSPS) is 12.4. The van der Waals surface area contributed by atoms with Crippen LogP contribution in [0, 0.1) is 6.92 Å². The average Bonchev–Trinajstić information content (AvgIpc) is 2.63. The molecule has 1 amide bonds. The first-order valence-corrected chi connectivity index (χ1v) is 12.2. The van der Waals surface area contributed by atoms with E-state index in [-0.39, 0.29) is 5.91 Å². The number of benzene rings is 2. The van der Waals surface area contributed by atoms with Crippen molar-refractivity contribution >= 4 is 45.0 Å².